The Morgan fingerprint density at radius 3 is 1.26 bits per heavy atom. The van der Waals surface area contributed by atoms with Crippen LogP contribution < -0.4 is 51.4 Å². The third-order valence-electron chi connectivity index (χ3n) is 9.05. The van der Waals surface area contributed by atoms with Crippen molar-refractivity contribution in [3.05, 3.63) is 41.5 Å². The molecule has 0 saturated heterocycles. The normalized spacial score (nSPS) is 11.7. The zero-order valence-electron chi connectivity index (χ0n) is 28.4. The van der Waals surface area contributed by atoms with Crippen LogP contribution in [-0.2, 0) is 23.0 Å². The summed E-state index contributed by atoms with van der Waals surface area (Å²) in [6.07, 6.45) is 32.3. The van der Waals surface area contributed by atoms with Gasteiger partial charge in [0.25, 0.3) is 0 Å². The minimum atomic E-state index is -4.52. The molecule has 2 rings (SSSR count). The second kappa shape index (κ2) is 26.3. The van der Waals surface area contributed by atoms with Crippen LogP contribution in [0.1, 0.15) is 179 Å². The zero-order chi connectivity index (χ0) is 30.3. The maximum atomic E-state index is 12.4. The number of unbranched alkanes of at least 4 members (excludes halogenated alkanes) is 22. The number of aryl methyl sites for hydroxylation is 2. The smallest absolute Gasteiger partial charge is 0.744 e. The van der Waals surface area contributed by atoms with Crippen molar-refractivity contribution in [1.82, 2.24) is 0 Å². The van der Waals surface area contributed by atoms with Gasteiger partial charge in [0.05, 0.1) is 4.90 Å². The van der Waals surface area contributed by atoms with Crippen molar-refractivity contribution < 1.29 is 64.4 Å². The van der Waals surface area contributed by atoms with E-state index in [0.717, 1.165) is 54.0 Å². The summed E-state index contributed by atoms with van der Waals surface area (Å²) in [5.41, 5.74) is 1.76. The van der Waals surface area contributed by atoms with Crippen LogP contribution in [0, 0.1) is 0 Å². The van der Waals surface area contributed by atoms with E-state index in [1.165, 1.54) is 128 Å². The zero-order valence-corrected chi connectivity index (χ0v) is 32.3. The van der Waals surface area contributed by atoms with Crippen molar-refractivity contribution in [2.24, 2.45) is 0 Å². The molecule has 0 fully saturated rings. The van der Waals surface area contributed by atoms with Gasteiger partial charge in [0.15, 0.2) is 0 Å². The molecule has 0 heterocycles. The first-order chi connectivity index (χ1) is 20.5. The number of hydrogen-bond acceptors (Lipinski definition) is 3. The van der Waals surface area contributed by atoms with Crippen LogP contribution in [0.5, 0.6) is 0 Å². The van der Waals surface area contributed by atoms with Crippen molar-refractivity contribution in [2.45, 2.75) is 186 Å². The molecule has 0 aliphatic carbocycles. The fourth-order valence-corrected chi connectivity index (χ4v) is 7.27. The number of hydrogen-bond donors (Lipinski definition) is 0. The first-order valence-electron chi connectivity index (χ1n) is 18.0. The third kappa shape index (κ3) is 18.2. The summed E-state index contributed by atoms with van der Waals surface area (Å²) in [5.74, 6) is 0. The maximum absolute atomic E-state index is 12.4. The summed E-state index contributed by atoms with van der Waals surface area (Å²) in [6.45, 7) is 4.53. The van der Waals surface area contributed by atoms with Gasteiger partial charge in [0, 0.05) is 0 Å². The van der Waals surface area contributed by atoms with Crippen molar-refractivity contribution in [3.63, 3.8) is 0 Å². The summed E-state index contributed by atoms with van der Waals surface area (Å²) < 4.78 is 37.2. The molecule has 3 nitrogen and oxygen atoms in total. The fraction of sp³-hybridized carbons (Fsp3) is 0.737. The molecule has 0 N–H and O–H groups in total. The van der Waals surface area contributed by atoms with Crippen LogP contribution in [0.25, 0.3) is 10.8 Å². The summed E-state index contributed by atoms with van der Waals surface area (Å²) >= 11 is 0. The number of fused-ring (bicyclic) bond motifs is 1. The fourth-order valence-electron chi connectivity index (χ4n) is 6.47. The number of rotatable bonds is 27. The Morgan fingerprint density at radius 1 is 0.512 bits per heavy atom. The Bertz CT molecular complexity index is 1070. The molecule has 0 unspecified atom stereocenters. The van der Waals surface area contributed by atoms with E-state index in [1.54, 1.807) is 6.07 Å². The van der Waals surface area contributed by atoms with E-state index in [-0.39, 0.29) is 56.3 Å². The predicted octanol–water partition coefficient (Wildman–Crippen LogP) is 9.24. The average Bonchev–Trinajstić information content (AvgIpc) is 2.98. The molecular formula is C38H63KO3S. The molecular weight excluding hydrogens is 576 g/mol. The summed E-state index contributed by atoms with van der Waals surface area (Å²) in [7, 11) is -4.52. The molecule has 0 bridgehead atoms. The van der Waals surface area contributed by atoms with Gasteiger partial charge in [-0.15, -0.1) is 0 Å². The first-order valence-corrected chi connectivity index (χ1v) is 19.4. The van der Waals surface area contributed by atoms with Crippen molar-refractivity contribution in [1.29, 1.82) is 0 Å². The molecule has 0 amide bonds. The van der Waals surface area contributed by atoms with Gasteiger partial charge in [-0.1, -0.05) is 179 Å². The SMILES string of the molecule is CCCCCCCCCCCCCCc1cc(S(=O)(=O)[O-])c(CCCCCCCCCCCCCC)c2ccccc12.[K+]. The molecule has 5 heteroatoms. The van der Waals surface area contributed by atoms with Crippen LogP contribution in [0.15, 0.2) is 35.2 Å². The summed E-state index contributed by atoms with van der Waals surface area (Å²) in [5, 5.41) is 2.09. The summed E-state index contributed by atoms with van der Waals surface area (Å²) in [4.78, 5) is 0.0261. The largest absolute Gasteiger partial charge is 1.00 e. The third-order valence-corrected chi connectivity index (χ3v) is 9.95. The van der Waals surface area contributed by atoms with Gasteiger partial charge >= 0.3 is 51.4 Å². The molecule has 43 heavy (non-hydrogen) atoms. The molecule has 0 aromatic heterocycles. The van der Waals surface area contributed by atoms with Crippen LogP contribution in [-0.4, -0.2) is 13.0 Å². The van der Waals surface area contributed by atoms with Crippen LogP contribution >= 0.6 is 0 Å². The molecule has 2 aromatic carbocycles. The van der Waals surface area contributed by atoms with E-state index in [0.29, 0.717) is 6.42 Å². The minimum Gasteiger partial charge on any atom is -0.744 e. The van der Waals surface area contributed by atoms with Gasteiger partial charge in [0.1, 0.15) is 10.1 Å². The van der Waals surface area contributed by atoms with Crippen LogP contribution in [0.3, 0.4) is 0 Å². The van der Waals surface area contributed by atoms with Crippen molar-refractivity contribution in [3.8, 4) is 0 Å². The topological polar surface area (TPSA) is 57.2 Å². The second-order valence-corrected chi connectivity index (χ2v) is 14.1. The first kappa shape index (κ1) is 41.3. The van der Waals surface area contributed by atoms with Crippen molar-refractivity contribution in [2.75, 3.05) is 0 Å². The molecule has 0 aliphatic rings. The van der Waals surface area contributed by atoms with E-state index >= 15 is 0 Å². The predicted molar refractivity (Wildman–Crippen MR) is 181 cm³/mol. The van der Waals surface area contributed by atoms with Crippen LogP contribution in [0.2, 0.25) is 0 Å². The molecule has 2 aromatic rings. The van der Waals surface area contributed by atoms with Crippen molar-refractivity contribution >= 4 is 20.9 Å². The Morgan fingerprint density at radius 2 is 0.860 bits per heavy atom. The van der Waals surface area contributed by atoms with Gasteiger partial charge in [0.2, 0.25) is 0 Å². The van der Waals surface area contributed by atoms with E-state index in [4.69, 9.17) is 0 Å². The van der Waals surface area contributed by atoms with E-state index in [1.807, 2.05) is 18.2 Å². The standard InChI is InChI=1S/C38H64O3S.K/c1-3-5-7-9-11-13-15-17-19-21-23-25-29-34-33-38(42(39,40)41)37(36-31-28-27-30-35(34)36)32-26-24-22-20-18-16-14-12-10-8-6-4-2;/h27-28,30-31,33H,3-26,29,32H2,1-2H3,(H,39,40,41);/q;+1/p-1. The van der Waals surface area contributed by atoms with Gasteiger partial charge in [-0.25, -0.2) is 8.42 Å². The van der Waals surface area contributed by atoms with Gasteiger partial charge in [-0.2, -0.15) is 0 Å². The number of benzene rings is 2. The Kier molecular flexibility index (Phi) is 25.3. The Hall–Kier alpha value is 0.246. The summed E-state index contributed by atoms with van der Waals surface area (Å²) in [6, 6.07) is 9.86. The Labute approximate surface area is 309 Å². The van der Waals surface area contributed by atoms with Gasteiger partial charge < -0.3 is 4.55 Å². The van der Waals surface area contributed by atoms with Gasteiger partial charge in [-0.3, -0.25) is 0 Å². The molecule has 0 saturated carbocycles. The monoisotopic (exact) mass is 638 g/mol. The molecule has 0 atom stereocenters. The molecule has 0 radical (unpaired) electrons. The van der Waals surface area contributed by atoms with E-state index in [2.05, 4.69) is 19.9 Å². The van der Waals surface area contributed by atoms with Crippen LogP contribution in [0.4, 0.5) is 0 Å². The van der Waals surface area contributed by atoms with E-state index < -0.39 is 10.1 Å². The molecule has 0 spiro atoms. The quantitative estimate of drug-likeness (QED) is 0.0557. The molecule has 0 aliphatic heterocycles. The minimum absolute atomic E-state index is 0. The van der Waals surface area contributed by atoms with E-state index in [9.17, 15) is 13.0 Å². The van der Waals surface area contributed by atoms with Gasteiger partial charge in [-0.05, 0) is 53.6 Å². The maximum Gasteiger partial charge on any atom is 1.00 e. The average molecular weight is 639 g/mol. The molecule has 240 valence electrons. The second-order valence-electron chi connectivity index (χ2n) is 12.8. The Balaban J connectivity index is 0.00000924.